The van der Waals surface area contributed by atoms with Crippen molar-refractivity contribution in [1.82, 2.24) is 20.2 Å². The molecule has 5 rings (SSSR count). The van der Waals surface area contributed by atoms with E-state index in [1.165, 1.54) is 0 Å². The molecule has 1 unspecified atom stereocenters. The smallest absolute Gasteiger partial charge is 0.324 e. The first-order chi connectivity index (χ1) is 18.5. The second kappa shape index (κ2) is 12.3. The number of hydrogen-bond acceptors (Lipinski definition) is 8. The minimum Gasteiger partial charge on any atom is -0.461 e. The van der Waals surface area contributed by atoms with Crippen molar-refractivity contribution < 1.29 is 9.53 Å². The molecule has 2 fully saturated rings. The van der Waals surface area contributed by atoms with Gasteiger partial charge in [0.05, 0.1) is 11.9 Å². The van der Waals surface area contributed by atoms with E-state index in [-0.39, 0.29) is 18.1 Å². The highest BCUT2D eigenvalue weighted by Crippen LogP contribution is 2.27. The number of nitrogens with zero attached hydrogens (tertiary/aromatic N) is 3. The van der Waals surface area contributed by atoms with Crippen molar-refractivity contribution >= 4 is 40.8 Å². The van der Waals surface area contributed by atoms with Gasteiger partial charge >= 0.3 is 5.97 Å². The maximum absolute atomic E-state index is 12.6. The first-order valence-electron chi connectivity index (χ1n) is 13.0. The normalized spacial score (nSPS) is 18.4. The molecular formula is C28H32Cl2N6O2. The summed E-state index contributed by atoms with van der Waals surface area (Å²) in [6.45, 7) is 3.41. The Labute approximate surface area is 232 Å². The highest BCUT2D eigenvalue weighted by molar-refractivity contribution is 6.36. The van der Waals surface area contributed by atoms with Crippen molar-refractivity contribution in [1.29, 1.82) is 0 Å². The van der Waals surface area contributed by atoms with E-state index in [1.54, 1.807) is 24.4 Å². The summed E-state index contributed by atoms with van der Waals surface area (Å²) in [6, 6.07) is 13.3. The van der Waals surface area contributed by atoms with Crippen LogP contribution in [0.1, 0.15) is 36.8 Å². The Hall–Kier alpha value is -2.91. The molecule has 0 bridgehead atoms. The number of carbonyl (C=O) groups is 1. The standard InChI is InChI=1S/C28H32Cl2N6O2/c29-22-6-3-7-23(30)21(22)14-34-27-26(31)33-15-24(35-27)19-10-8-18(9-11-19)16-36-13-12-32-25(17-36)28(37)38-20-4-1-2-5-20/h3,6-11,15,20,25,32H,1-2,4-5,12-14,16-17H2,(H2,31,33)(H,34,35). The fourth-order valence-electron chi connectivity index (χ4n) is 4.95. The second-order valence-corrected chi connectivity index (χ2v) is 10.6. The van der Waals surface area contributed by atoms with E-state index in [0.717, 1.165) is 62.0 Å². The van der Waals surface area contributed by atoms with Gasteiger partial charge in [0, 0.05) is 53.9 Å². The first kappa shape index (κ1) is 26.7. The molecule has 0 radical (unpaired) electrons. The van der Waals surface area contributed by atoms with E-state index in [1.807, 2.05) is 12.1 Å². The molecule has 1 atom stereocenters. The quantitative estimate of drug-likeness (QED) is 0.337. The lowest BCUT2D eigenvalue weighted by Gasteiger charge is -2.33. The minimum atomic E-state index is -0.278. The molecule has 2 aliphatic rings. The van der Waals surface area contributed by atoms with Gasteiger partial charge < -0.3 is 21.1 Å². The predicted molar refractivity (Wildman–Crippen MR) is 151 cm³/mol. The largest absolute Gasteiger partial charge is 0.461 e. The number of hydrogen-bond donors (Lipinski definition) is 3. The van der Waals surface area contributed by atoms with Gasteiger partial charge in [0.15, 0.2) is 11.6 Å². The van der Waals surface area contributed by atoms with E-state index in [2.05, 4.69) is 37.6 Å². The fourth-order valence-corrected chi connectivity index (χ4v) is 5.48. The van der Waals surface area contributed by atoms with E-state index in [4.69, 9.17) is 33.7 Å². The Morgan fingerprint density at radius 1 is 1.13 bits per heavy atom. The zero-order valence-corrected chi connectivity index (χ0v) is 22.6. The van der Waals surface area contributed by atoms with Crippen molar-refractivity contribution in [2.75, 3.05) is 30.7 Å². The number of aromatic nitrogens is 2. The maximum Gasteiger partial charge on any atom is 0.324 e. The number of halogens is 2. The van der Waals surface area contributed by atoms with Gasteiger partial charge in [0.1, 0.15) is 12.1 Å². The van der Waals surface area contributed by atoms with E-state index >= 15 is 0 Å². The molecule has 1 aliphatic heterocycles. The van der Waals surface area contributed by atoms with Gasteiger partial charge in [0.25, 0.3) is 0 Å². The molecule has 38 heavy (non-hydrogen) atoms. The Morgan fingerprint density at radius 3 is 2.61 bits per heavy atom. The van der Waals surface area contributed by atoms with Gasteiger partial charge in [-0.25, -0.2) is 9.97 Å². The number of benzene rings is 2. The summed E-state index contributed by atoms with van der Waals surface area (Å²) >= 11 is 12.6. The van der Waals surface area contributed by atoms with Crippen molar-refractivity contribution in [2.24, 2.45) is 0 Å². The molecule has 1 aromatic heterocycles. The summed E-state index contributed by atoms with van der Waals surface area (Å²) in [4.78, 5) is 23.9. The van der Waals surface area contributed by atoms with Crippen LogP contribution in [0.15, 0.2) is 48.7 Å². The Balaban J connectivity index is 1.20. The Bertz CT molecular complexity index is 1250. The average Bonchev–Trinajstić information content (AvgIpc) is 3.43. The van der Waals surface area contributed by atoms with Gasteiger partial charge in [-0.3, -0.25) is 9.69 Å². The fraction of sp³-hybridized carbons (Fsp3) is 0.393. The zero-order chi connectivity index (χ0) is 26.5. The topological polar surface area (TPSA) is 105 Å². The Kier molecular flexibility index (Phi) is 8.64. The van der Waals surface area contributed by atoms with Gasteiger partial charge in [0.2, 0.25) is 0 Å². The van der Waals surface area contributed by atoms with Crippen LogP contribution < -0.4 is 16.4 Å². The third kappa shape index (κ3) is 6.56. The number of esters is 1. The van der Waals surface area contributed by atoms with Crippen LogP contribution in [-0.4, -0.2) is 52.6 Å². The molecule has 1 saturated heterocycles. The number of carbonyl (C=O) groups excluding carboxylic acids is 1. The number of nitrogen functional groups attached to an aromatic ring is 1. The van der Waals surface area contributed by atoms with E-state index in [0.29, 0.717) is 40.5 Å². The highest BCUT2D eigenvalue weighted by atomic mass is 35.5. The second-order valence-electron chi connectivity index (χ2n) is 9.82. The molecule has 10 heteroatoms. The molecule has 2 heterocycles. The molecule has 200 valence electrons. The molecular weight excluding hydrogens is 523 g/mol. The lowest BCUT2D eigenvalue weighted by Crippen LogP contribution is -2.54. The molecule has 3 aromatic rings. The van der Waals surface area contributed by atoms with Crippen molar-refractivity contribution in [3.05, 3.63) is 69.8 Å². The molecule has 0 spiro atoms. The average molecular weight is 556 g/mol. The minimum absolute atomic E-state index is 0.0910. The van der Waals surface area contributed by atoms with Gasteiger partial charge in [-0.1, -0.05) is 53.5 Å². The van der Waals surface area contributed by atoms with Gasteiger partial charge in [-0.15, -0.1) is 0 Å². The molecule has 8 nitrogen and oxygen atoms in total. The number of piperazine rings is 1. The van der Waals surface area contributed by atoms with Crippen LogP contribution in [0.2, 0.25) is 10.0 Å². The third-order valence-corrected chi connectivity index (χ3v) is 7.79. The molecule has 0 amide bonds. The summed E-state index contributed by atoms with van der Waals surface area (Å²) in [5.74, 6) is 0.646. The van der Waals surface area contributed by atoms with Crippen LogP contribution in [0, 0.1) is 0 Å². The number of nitrogens with two attached hydrogens (primary N) is 1. The summed E-state index contributed by atoms with van der Waals surface area (Å²) in [7, 11) is 0. The zero-order valence-electron chi connectivity index (χ0n) is 21.1. The number of rotatable bonds is 8. The van der Waals surface area contributed by atoms with Crippen LogP contribution in [0.25, 0.3) is 11.3 Å². The number of anilines is 2. The van der Waals surface area contributed by atoms with Crippen LogP contribution >= 0.6 is 23.2 Å². The van der Waals surface area contributed by atoms with Crippen LogP contribution in [0.5, 0.6) is 0 Å². The van der Waals surface area contributed by atoms with Crippen LogP contribution in [0.3, 0.4) is 0 Å². The van der Waals surface area contributed by atoms with E-state index in [9.17, 15) is 4.79 Å². The Morgan fingerprint density at radius 2 is 1.87 bits per heavy atom. The molecule has 1 saturated carbocycles. The SMILES string of the molecule is Nc1ncc(-c2ccc(CN3CCNC(C(=O)OC4CCCC4)C3)cc2)nc1NCc1c(Cl)cccc1Cl. The summed E-state index contributed by atoms with van der Waals surface area (Å²) in [5.41, 5.74) is 9.63. The first-order valence-corrected chi connectivity index (χ1v) is 13.8. The summed E-state index contributed by atoms with van der Waals surface area (Å²) < 4.78 is 5.72. The number of nitrogens with one attached hydrogen (secondary N) is 2. The summed E-state index contributed by atoms with van der Waals surface area (Å²) in [5, 5.41) is 7.67. The highest BCUT2D eigenvalue weighted by Gasteiger charge is 2.29. The molecule has 1 aliphatic carbocycles. The monoisotopic (exact) mass is 554 g/mol. The van der Waals surface area contributed by atoms with Gasteiger partial charge in [-0.2, -0.15) is 0 Å². The predicted octanol–water partition coefficient (Wildman–Crippen LogP) is 4.90. The summed E-state index contributed by atoms with van der Waals surface area (Å²) in [6.07, 6.45) is 6.02. The van der Waals surface area contributed by atoms with Gasteiger partial charge in [-0.05, 0) is 43.4 Å². The van der Waals surface area contributed by atoms with Crippen LogP contribution in [-0.2, 0) is 22.6 Å². The van der Waals surface area contributed by atoms with Crippen LogP contribution in [0.4, 0.5) is 11.6 Å². The van der Waals surface area contributed by atoms with E-state index < -0.39 is 0 Å². The molecule has 2 aromatic carbocycles. The third-order valence-electron chi connectivity index (χ3n) is 7.08. The number of ether oxygens (including phenoxy) is 1. The maximum atomic E-state index is 12.6. The van der Waals surface area contributed by atoms with Crippen molar-refractivity contribution in [3.8, 4) is 11.3 Å². The van der Waals surface area contributed by atoms with Crippen molar-refractivity contribution in [2.45, 2.75) is 50.9 Å². The lowest BCUT2D eigenvalue weighted by molar-refractivity contribution is -0.152. The lowest BCUT2D eigenvalue weighted by atomic mass is 10.1. The van der Waals surface area contributed by atoms with Crippen molar-refractivity contribution in [3.63, 3.8) is 0 Å². The molecule has 4 N–H and O–H groups in total.